The van der Waals surface area contributed by atoms with Crippen molar-refractivity contribution in [2.45, 2.75) is 166 Å². The molecule has 5 fully saturated rings. The summed E-state index contributed by atoms with van der Waals surface area (Å²) in [4.78, 5) is 5.58. The van der Waals surface area contributed by atoms with Crippen LogP contribution in [0.5, 0.6) is 0 Å². The van der Waals surface area contributed by atoms with Crippen molar-refractivity contribution in [2.24, 2.45) is 17.8 Å². The fourth-order valence-electron chi connectivity index (χ4n) is 15.9. The molecule has 0 N–H and O–H groups in total. The van der Waals surface area contributed by atoms with E-state index in [1.165, 1.54) is 137 Å². The second-order valence-corrected chi connectivity index (χ2v) is 32.6. The van der Waals surface area contributed by atoms with Gasteiger partial charge in [-0.2, -0.15) is 0 Å². The Morgan fingerprint density at radius 3 is 1.64 bits per heavy atom. The molecule has 2 aliphatic heterocycles. The molecule has 6 aromatic rings. The lowest BCUT2D eigenvalue weighted by molar-refractivity contribution is -0.00514. The zero-order valence-electron chi connectivity index (χ0n) is 43.7. The summed E-state index contributed by atoms with van der Waals surface area (Å²) < 4.78 is 0. The zero-order valence-corrected chi connectivity index (χ0v) is 44.7. The van der Waals surface area contributed by atoms with Crippen LogP contribution in [0.1, 0.15) is 147 Å². The van der Waals surface area contributed by atoms with Gasteiger partial charge < -0.3 is 9.80 Å². The fourth-order valence-corrected chi connectivity index (χ4v) is 17.0. The minimum absolute atomic E-state index is 0.00766. The van der Waals surface area contributed by atoms with Gasteiger partial charge >= 0.3 is 0 Å². The summed E-state index contributed by atoms with van der Waals surface area (Å²) in [6, 6.07) is 47.5. The third-order valence-electron chi connectivity index (χ3n) is 19.7. The molecule has 2 heterocycles. The quantitative estimate of drug-likeness (QED) is 0.159. The Hall–Kier alpha value is -4.80. The van der Waals surface area contributed by atoms with Crippen molar-refractivity contribution >= 4 is 70.5 Å². The monoisotopic (exact) mass is 923 g/mol. The van der Waals surface area contributed by atoms with Gasteiger partial charge in [-0.05, 0) is 207 Å². The van der Waals surface area contributed by atoms with E-state index in [4.69, 9.17) is 0 Å². The molecule has 5 saturated carbocycles. The Kier molecular flexibility index (Phi) is 9.38. The summed E-state index contributed by atoms with van der Waals surface area (Å²) in [7, 11) is -1.71. The van der Waals surface area contributed by atoms with E-state index >= 15 is 0 Å². The molecule has 0 aromatic heterocycles. The van der Waals surface area contributed by atoms with Crippen LogP contribution in [-0.4, -0.2) is 14.8 Å². The molecular formula is C65H75BN2Si. The summed E-state index contributed by atoms with van der Waals surface area (Å²) in [6.45, 7) is 27.1. The molecule has 0 spiro atoms. The number of benzene rings is 6. The summed E-state index contributed by atoms with van der Waals surface area (Å²) in [5, 5.41) is 1.55. The number of rotatable bonds is 5. The van der Waals surface area contributed by atoms with E-state index in [-0.39, 0.29) is 33.8 Å². The Balaban J connectivity index is 1.17. The molecule has 352 valence electrons. The maximum absolute atomic E-state index is 2.84. The highest BCUT2D eigenvalue weighted by Gasteiger charge is 2.55. The van der Waals surface area contributed by atoms with Crippen LogP contribution >= 0.6 is 0 Å². The van der Waals surface area contributed by atoms with Crippen molar-refractivity contribution in [3.8, 4) is 11.1 Å². The lowest BCUT2D eigenvalue weighted by Gasteiger charge is -2.57. The van der Waals surface area contributed by atoms with E-state index in [2.05, 4.69) is 200 Å². The van der Waals surface area contributed by atoms with Crippen LogP contribution in [0.4, 0.5) is 34.1 Å². The molecule has 6 aromatic carbocycles. The van der Waals surface area contributed by atoms with Gasteiger partial charge in [0, 0.05) is 34.0 Å². The molecule has 15 rings (SSSR count). The van der Waals surface area contributed by atoms with Crippen LogP contribution in [0, 0.1) is 17.8 Å². The smallest absolute Gasteiger partial charge is 0.252 e. The molecule has 0 saturated heterocycles. The third-order valence-corrected chi connectivity index (χ3v) is 21.7. The van der Waals surface area contributed by atoms with Gasteiger partial charge in [-0.3, -0.25) is 0 Å². The standard InChI is InChI=1S/C65H75BN2Si/c1-61(2,3)45-17-20-48(21-18-45)67-56-24-22-49(69(9,10)11)35-53(56)66-54-36-51-52(64(8)27-25-63(51,7)26-28-64)37-57(54)68(55-23-19-46(62(4,5)6)32-50(55)44-15-13-12-14-16-44)59-34-47(33-58(67)60(59)66)65-38-41-29-42(39-65)31-43(30-41)40-65/h12-24,32-37,41-43H,25-31,38-40H2,1-11H3. The maximum Gasteiger partial charge on any atom is 0.252 e. The number of anilines is 6. The van der Waals surface area contributed by atoms with E-state index in [0.29, 0.717) is 0 Å². The van der Waals surface area contributed by atoms with Gasteiger partial charge in [0.2, 0.25) is 0 Å². The fraction of sp³-hybridized carbons (Fsp3) is 0.446. The predicted octanol–water partition coefficient (Wildman–Crippen LogP) is 15.1. The van der Waals surface area contributed by atoms with Crippen molar-refractivity contribution < 1.29 is 0 Å². The van der Waals surface area contributed by atoms with E-state index in [1.54, 1.807) is 21.9 Å². The lowest BCUT2D eigenvalue weighted by atomic mass is 9.32. The van der Waals surface area contributed by atoms with E-state index in [9.17, 15) is 0 Å². The number of hydrogen-bond acceptors (Lipinski definition) is 2. The molecule has 0 radical (unpaired) electrons. The molecule has 9 aliphatic rings. The topological polar surface area (TPSA) is 6.48 Å². The van der Waals surface area contributed by atoms with Crippen molar-refractivity contribution in [2.75, 3.05) is 9.80 Å². The van der Waals surface area contributed by atoms with E-state index < -0.39 is 8.07 Å². The normalized spacial score (nSPS) is 27.3. The second kappa shape index (κ2) is 14.6. The predicted molar refractivity (Wildman–Crippen MR) is 299 cm³/mol. The third kappa shape index (κ3) is 6.68. The van der Waals surface area contributed by atoms with E-state index in [1.807, 2.05) is 0 Å². The number of hydrogen-bond donors (Lipinski definition) is 0. The first kappa shape index (κ1) is 44.2. The van der Waals surface area contributed by atoms with Gasteiger partial charge in [-0.1, -0.05) is 147 Å². The Labute approximate surface area is 416 Å². The molecule has 0 amide bonds. The highest BCUT2D eigenvalue weighted by molar-refractivity contribution is 7.01. The van der Waals surface area contributed by atoms with Crippen molar-refractivity contribution in [3.63, 3.8) is 0 Å². The Morgan fingerprint density at radius 2 is 1.06 bits per heavy atom. The van der Waals surface area contributed by atoms with Crippen LogP contribution in [0.3, 0.4) is 0 Å². The SMILES string of the molecule is CC(C)(C)c1ccc(N2c3ccc([Si](C)(C)C)cc3B3c4cc5c(cc4N(c4ccc(C(C)(C)C)cc4-c4ccccc4)c4cc(C67CC8CC(CC(C8)C6)C7)cc2c43)C2(C)CCC5(C)CC2)cc1. The van der Waals surface area contributed by atoms with Crippen LogP contribution in [0.15, 0.2) is 115 Å². The molecule has 7 aliphatic carbocycles. The first-order valence-corrected chi connectivity index (χ1v) is 30.6. The molecule has 2 nitrogen and oxygen atoms in total. The highest BCUT2D eigenvalue weighted by atomic mass is 28.3. The Bertz CT molecular complexity index is 3040. The molecule has 0 unspecified atom stereocenters. The first-order valence-electron chi connectivity index (χ1n) is 27.1. The average molecular weight is 923 g/mol. The van der Waals surface area contributed by atoms with Crippen LogP contribution in [0.25, 0.3) is 11.1 Å². The van der Waals surface area contributed by atoms with Crippen LogP contribution < -0.4 is 31.4 Å². The summed E-state index contributed by atoms with van der Waals surface area (Å²) in [5.74, 6) is 2.57. The average Bonchev–Trinajstić information content (AvgIpc) is 3.30. The summed E-state index contributed by atoms with van der Waals surface area (Å²) >= 11 is 0. The van der Waals surface area contributed by atoms with Gasteiger partial charge in [-0.15, -0.1) is 0 Å². The zero-order chi connectivity index (χ0) is 47.8. The molecule has 4 heteroatoms. The van der Waals surface area contributed by atoms with Crippen molar-refractivity contribution in [1.82, 2.24) is 0 Å². The van der Waals surface area contributed by atoms with Gasteiger partial charge in [0.25, 0.3) is 6.71 Å². The van der Waals surface area contributed by atoms with Gasteiger partial charge in [-0.25, -0.2) is 0 Å². The molecule has 0 atom stereocenters. The van der Waals surface area contributed by atoms with E-state index in [0.717, 1.165) is 17.8 Å². The highest BCUT2D eigenvalue weighted by Crippen LogP contribution is 2.63. The summed E-state index contributed by atoms with van der Waals surface area (Å²) in [6.07, 6.45) is 13.5. The maximum atomic E-state index is 2.84. The van der Waals surface area contributed by atoms with Gasteiger partial charge in [0.05, 0.1) is 13.8 Å². The number of nitrogens with zero attached hydrogens (tertiary/aromatic N) is 2. The minimum atomic E-state index is -1.71. The first-order chi connectivity index (χ1) is 32.7. The van der Waals surface area contributed by atoms with Gasteiger partial charge in [0.1, 0.15) is 0 Å². The van der Waals surface area contributed by atoms with Crippen LogP contribution in [0.2, 0.25) is 19.6 Å². The minimum Gasteiger partial charge on any atom is -0.311 e. The van der Waals surface area contributed by atoms with Crippen molar-refractivity contribution in [1.29, 1.82) is 0 Å². The van der Waals surface area contributed by atoms with Crippen LogP contribution in [-0.2, 0) is 27.1 Å². The number of fused-ring (bicyclic) bond motifs is 6. The molecule has 6 bridgehead atoms. The largest absolute Gasteiger partial charge is 0.311 e. The lowest BCUT2D eigenvalue weighted by Crippen LogP contribution is -2.63. The Morgan fingerprint density at radius 1 is 0.522 bits per heavy atom. The molecular weight excluding hydrogens is 848 g/mol. The summed E-state index contributed by atoms with van der Waals surface area (Å²) in [5.41, 5.74) is 23.5. The second-order valence-electron chi connectivity index (χ2n) is 27.5. The van der Waals surface area contributed by atoms with Crippen molar-refractivity contribution in [3.05, 3.63) is 143 Å². The molecule has 69 heavy (non-hydrogen) atoms. The van der Waals surface area contributed by atoms with Gasteiger partial charge in [0.15, 0.2) is 0 Å².